The molecule has 0 amide bonds. The van der Waals surface area contributed by atoms with E-state index in [1.807, 2.05) is 18.2 Å². The summed E-state index contributed by atoms with van der Waals surface area (Å²) in [6, 6.07) is 18.6. The SMILES string of the molecule is C=CCNC(=NC)NCc1ccc(COCc2ccccc2)cc1. The summed E-state index contributed by atoms with van der Waals surface area (Å²) in [7, 11) is 1.76. The van der Waals surface area contributed by atoms with E-state index in [1.54, 1.807) is 13.1 Å². The molecule has 0 atom stereocenters. The van der Waals surface area contributed by atoms with Crippen molar-refractivity contribution in [3.63, 3.8) is 0 Å². The van der Waals surface area contributed by atoms with Crippen molar-refractivity contribution in [2.75, 3.05) is 13.6 Å². The third-order valence-electron chi connectivity index (χ3n) is 3.50. The zero-order chi connectivity index (χ0) is 17.0. The molecule has 2 rings (SSSR count). The van der Waals surface area contributed by atoms with Gasteiger partial charge < -0.3 is 15.4 Å². The van der Waals surface area contributed by atoms with Gasteiger partial charge in [0.2, 0.25) is 0 Å². The molecule has 24 heavy (non-hydrogen) atoms. The van der Waals surface area contributed by atoms with Crippen LogP contribution in [0.3, 0.4) is 0 Å². The summed E-state index contributed by atoms with van der Waals surface area (Å²) in [5.74, 6) is 0.769. The van der Waals surface area contributed by atoms with Crippen molar-refractivity contribution >= 4 is 5.96 Å². The maximum absolute atomic E-state index is 5.75. The maximum atomic E-state index is 5.75. The van der Waals surface area contributed by atoms with Crippen LogP contribution < -0.4 is 10.6 Å². The first-order chi connectivity index (χ1) is 11.8. The first kappa shape index (κ1) is 17.8. The molecule has 0 bridgehead atoms. The first-order valence-electron chi connectivity index (χ1n) is 8.06. The van der Waals surface area contributed by atoms with Crippen molar-refractivity contribution in [2.45, 2.75) is 19.8 Å². The van der Waals surface area contributed by atoms with Crippen LogP contribution in [-0.4, -0.2) is 19.6 Å². The van der Waals surface area contributed by atoms with Crippen molar-refractivity contribution in [2.24, 2.45) is 4.99 Å². The van der Waals surface area contributed by atoms with E-state index in [4.69, 9.17) is 4.74 Å². The van der Waals surface area contributed by atoms with Crippen molar-refractivity contribution in [1.29, 1.82) is 0 Å². The number of ether oxygens (including phenoxy) is 1. The molecule has 0 aliphatic heterocycles. The summed E-state index contributed by atoms with van der Waals surface area (Å²) in [6.45, 7) is 6.35. The molecule has 2 aromatic carbocycles. The Bertz CT molecular complexity index is 636. The van der Waals surface area contributed by atoms with E-state index in [2.05, 4.69) is 58.6 Å². The van der Waals surface area contributed by atoms with Crippen LogP contribution >= 0.6 is 0 Å². The highest BCUT2D eigenvalue weighted by Crippen LogP contribution is 2.08. The lowest BCUT2D eigenvalue weighted by atomic mass is 10.1. The Labute approximate surface area is 144 Å². The summed E-state index contributed by atoms with van der Waals surface area (Å²) in [4.78, 5) is 4.15. The second-order valence-electron chi connectivity index (χ2n) is 5.39. The van der Waals surface area contributed by atoms with Crippen LogP contribution in [-0.2, 0) is 24.5 Å². The van der Waals surface area contributed by atoms with E-state index in [-0.39, 0.29) is 0 Å². The molecule has 0 fully saturated rings. The average Bonchev–Trinajstić information content (AvgIpc) is 2.64. The Morgan fingerprint density at radius 2 is 1.58 bits per heavy atom. The highest BCUT2D eigenvalue weighted by atomic mass is 16.5. The quantitative estimate of drug-likeness (QED) is 0.445. The average molecular weight is 323 g/mol. The van der Waals surface area contributed by atoms with Gasteiger partial charge in [0.1, 0.15) is 0 Å². The zero-order valence-corrected chi connectivity index (χ0v) is 14.2. The van der Waals surface area contributed by atoms with Crippen LogP contribution in [0.2, 0.25) is 0 Å². The third kappa shape index (κ3) is 6.26. The largest absolute Gasteiger partial charge is 0.372 e. The minimum absolute atomic E-state index is 0.616. The standard InChI is InChI=1S/C20H25N3O/c1-3-13-22-20(21-2)23-14-17-9-11-19(12-10-17)16-24-15-18-7-5-4-6-8-18/h3-12H,1,13-16H2,2H3,(H2,21,22,23). The van der Waals surface area contributed by atoms with Crippen LogP contribution in [0.5, 0.6) is 0 Å². The number of aliphatic imine (C=N–C) groups is 1. The number of hydrogen-bond donors (Lipinski definition) is 2. The number of rotatable bonds is 8. The second kappa shape index (κ2) is 10.2. The molecular weight excluding hydrogens is 298 g/mol. The van der Waals surface area contributed by atoms with E-state index >= 15 is 0 Å². The van der Waals surface area contributed by atoms with Crippen molar-refractivity contribution in [3.05, 3.63) is 83.9 Å². The highest BCUT2D eigenvalue weighted by Gasteiger charge is 1.99. The topological polar surface area (TPSA) is 45.7 Å². The van der Waals surface area contributed by atoms with Gasteiger partial charge in [-0.15, -0.1) is 6.58 Å². The molecule has 2 aromatic rings. The van der Waals surface area contributed by atoms with Gasteiger partial charge in [-0.1, -0.05) is 60.7 Å². The Kier molecular flexibility index (Phi) is 7.57. The van der Waals surface area contributed by atoms with E-state index < -0.39 is 0 Å². The van der Waals surface area contributed by atoms with Gasteiger partial charge in [0.15, 0.2) is 5.96 Å². The molecule has 0 spiro atoms. The van der Waals surface area contributed by atoms with Gasteiger partial charge in [0.05, 0.1) is 13.2 Å². The van der Waals surface area contributed by atoms with Crippen LogP contribution in [0, 0.1) is 0 Å². The Hall–Kier alpha value is -2.59. The lowest BCUT2D eigenvalue weighted by Crippen LogP contribution is -2.36. The fourth-order valence-corrected chi connectivity index (χ4v) is 2.19. The van der Waals surface area contributed by atoms with Gasteiger partial charge in [-0.05, 0) is 16.7 Å². The number of nitrogens with one attached hydrogen (secondary N) is 2. The Balaban J connectivity index is 1.75. The molecular formula is C20H25N3O. The smallest absolute Gasteiger partial charge is 0.191 e. The first-order valence-corrected chi connectivity index (χ1v) is 8.06. The fourth-order valence-electron chi connectivity index (χ4n) is 2.19. The van der Waals surface area contributed by atoms with Gasteiger partial charge in [0.25, 0.3) is 0 Å². The normalized spacial score (nSPS) is 11.1. The molecule has 0 aliphatic rings. The van der Waals surface area contributed by atoms with Gasteiger partial charge in [-0.2, -0.15) is 0 Å². The lowest BCUT2D eigenvalue weighted by molar-refractivity contribution is 0.107. The van der Waals surface area contributed by atoms with E-state index in [0.717, 1.165) is 12.5 Å². The van der Waals surface area contributed by atoms with Crippen LogP contribution in [0.4, 0.5) is 0 Å². The van der Waals surface area contributed by atoms with Crippen LogP contribution in [0.15, 0.2) is 72.2 Å². The number of nitrogens with zero attached hydrogens (tertiary/aromatic N) is 1. The Morgan fingerprint density at radius 3 is 2.21 bits per heavy atom. The molecule has 0 aliphatic carbocycles. The second-order valence-corrected chi connectivity index (χ2v) is 5.39. The zero-order valence-electron chi connectivity index (χ0n) is 14.2. The van der Waals surface area contributed by atoms with Crippen molar-refractivity contribution in [3.8, 4) is 0 Å². The number of guanidine groups is 1. The summed E-state index contributed by atoms with van der Waals surface area (Å²) in [6.07, 6.45) is 1.80. The van der Waals surface area contributed by atoms with Gasteiger partial charge in [0, 0.05) is 20.1 Å². The summed E-state index contributed by atoms with van der Waals surface area (Å²) in [5.41, 5.74) is 3.56. The molecule has 0 aromatic heterocycles. The molecule has 0 unspecified atom stereocenters. The predicted molar refractivity (Wildman–Crippen MR) is 99.8 cm³/mol. The molecule has 4 nitrogen and oxygen atoms in total. The monoisotopic (exact) mass is 323 g/mol. The summed E-state index contributed by atoms with van der Waals surface area (Å²) < 4.78 is 5.75. The minimum Gasteiger partial charge on any atom is -0.372 e. The predicted octanol–water partition coefficient (Wildman–Crippen LogP) is 3.25. The van der Waals surface area contributed by atoms with E-state index in [9.17, 15) is 0 Å². The van der Waals surface area contributed by atoms with Gasteiger partial charge in [-0.3, -0.25) is 4.99 Å². The minimum atomic E-state index is 0.616. The fraction of sp³-hybridized carbons (Fsp3) is 0.250. The maximum Gasteiger partial charge on any atom is 0.191 e. The molecule has 0 radical (unpaired) electrons. The molecule has 0 saturated carbocycles. The molecule has 2 N–H and O–H groups in total. The number of hydrogen-bond acceptors (Lipinski definition) is 2. The van der Waals surface area contributed by atoms with E-state index in [0.29, 0.717) is 19.8 Å². The molecule has 0 saturated heterocycles. The molecule has 126 valence electrons. The van der Waals surface area contributed by atoms with Crippen molar-refractivity contribution in [1.82, 2.24) is 10.6 Å². The van der Waals surface area contributed by atoms with Gasteiger partial charge in [-0.25, -0.2) is 0 Å². The number of benzene rings is 2. The summed E-state index contributed by atoms with van der Waals surface area (Å²) >= 11 is 0. The third-order valence-corrected chi connectivity index (χ3v) is 3.50. The van der Waals surface area contributed by atoms with Crippen LogP contribution in [0.25, 0.3) is 0 Å². The molecule has 0 heterocycles. The van der Waals surface area contributed by atoms with Gasteiger partial charge >= 0.3 is 0 Å². The molecule has 4 heteroatoms. The van der Waals surface area contributed by atoms with Crippen LogP contribution in [0.1, 0.15) is 16.7 Å². The highest BCUT2D eigenvalue weighted by molar-refractivity contribution is 5.79. The van der Waals surface area contributed by atoms with E-state index in [1.165, 1.54) is 16.7 Å². The lowest BCUT2D eigenvalue weighted by Gasteiger charge is -2.11. The summed E-state index contributed by atoms with van der Waals surface area (Å²) in [5, 5.41) is 6.41. The Morgan fingerprint density at radius 1 is 0.958 bits per heavy atom. The van der Waals surface area contributed by atoms with Crippen molar-refractivity contribution < 1.29 is 4.74 Å².